The summed E-state index contributed by atoms with van der Waals surface area (Å²) in [6.07, 6.45) is 0. The lowest BCUT2D eigenvalue weighted by Gasteiger charge is -2.20. The van der Waals surface area contributed by atoms with Crippen LogP contribution >= 0.6 is 15.9 Å². The Labute approximate surface area is 171 Å². The molecule has 1 N–H and O–H groups in total. The predicted molar refractivity (Wildman–Crippen MR) is 113 cm³/mol. The number of hydrogen-bond acceptors (Lipinski definition) is 4. The van der Waals surface area contributed by atoms with Gasteiger partial charge in [0.1, 0.15) is 5.82 Å². The van der Waals surface area contributed by atoms with E-state index in [9.17, 15) is 9.59 Å². The molecule has 3 aromatic rings. The number of nitrogens with zero attached hydrogens (tertiary/aromatic N) is 3. The minimum Gasteiger partial charge on any atom is -0.383 e. The van der Waals surface area contributed by atoms with Crippen LogP contribution < -0.4 is 10.9 Å². The number of hydrogen-bond donors (Lipinski definition) is 1. The van der Waals surface area contributed by atoms with Gasteiger partial charge in [-0.15, -0.1) is 0 Å². The smallest absolute Gasteiger partial charge is 0.321 e. The van der Waals surface area contributed by atoms with Crippen LogP contribution in [0.4, 0.5) is 10.5 Å². The third-order valence-electron chi connectivity index (χ3n) is 4.28. The van der Waals surface area contributed by atoms with Gasteiger partial charge in [0.15, 0.2) is 0 Å². The molecule has 1 heterocycles. The molecular weight excluding hydrogens is 424 g/mol. The molecule has 0 atom stereocenters. The van der Waals surface area contributed by atoms with E-state index in [1.165, 1.54) is 4.90 Å². The topological polar surface area (TPSA) is 76.5 Å². The van der Waals surface area contributed by atoms with Gasteiger partial charge < -0.3 is 15.0 Å². The van der Waals surface area contributed by atoms with E-state index in [0.717, 1.165) is 4.47 Å². The summed E-state index contributed by atoms with van der Waals surface area (Å²) >= 11 is 3.37. The van der Waals surface area contributed by atoms with Crippen LogP contribution in [0.1, 0.15) is 5.82 Å². The average molecular weight is 445 g/mol. The normalized spacial score (nSPS) is 10.8. The van der Waals surface area contributed by atoms with Gasteiger partial charge in [0.25, 0.3) is 5.56 Å². The Morgan fingerprint density at radius 2 is 1.93 bits per heavy atom. The number of ether oxygens (including phenoxy) is 1. The maximum absolute atomic E-state index is 12.9. The van der Waals surface area contributed by atoms with E-state index >= 15 is 0 Å². The van der Waals surface area contributed by atoms with Crippen molar-refractivity contribution in [3.63, 3.8) is 0 Å². The number of halogens is 1. The second-order valence-electron chi connectivity index (χ2n) is 6.29. The standard InChI is InChI=1S/C20H21BrN4O3/c1-24(20(27)22-15-9-7-14(21)8-10-15)13-18-23-17-6-4-3-5-16(17)19(26)25(18)11-12-28-2/h3-10H,11-13H2,1-2H3,(H,22,27). The number of rotatable bonds is 6. The Morgan fingerprint density at radius 3 is 2.64 bits per heavy atom. The molecule has 0 aliphatic carbocycles. The van der Waals surface area contributed by atoms with E-state index in [2.05, 4.69) is 26.2 Å². The van der Waals surface area contributed by atoms with Crippen molar-refractivity contribution in [3.05, 3.63) is 69.2 Å². The van der Waals surface area contributed by atoms with Crippen LogP contribution in [0.3, 0.4) is 0 Å². The van der Waals surface area contributed by atoms with Crippen LogP contribution in [-0.2, 0) is 17.8 Å². The number of nitrogens with one attached hydrogen (secondary N) is 1. The van der Waals surface area contributed by atoms with Gasteiger partial charge in [0.2, 0.25) is 0 Å². The lowest BCUT2D eigenvalue weighted by molar-refractivity contribution is 0.183. The summed E-state index contributed by atoms with van der Waals surface area (Å²) in [5, 5.41) is 3.38. The third-order valence-corrected chi connectivity index (χ3v) is 4.81. The molecule has 0 saturated heterocycles. The minimum absolute atomic E-state index is 0.139. The predicted octanol–water partition coefficient (Wildman–Crippen LogP) is 3.47. The molecule has 2 amide bonds. The van der Waals surface area contributed by atoms with Crippen LogP contribution in [0, 0.1) is 0 Å². The van der Waals surface area contributed by atoms with E-state index in [4.69, 9.17) is 4.74 Å². The van der Waals surface area contributed by atoms with Crippen LogP contribution in [0.15, 0.2) is 57.8 Å². The second kappa shape index (κ2) is 8.99. The van der Waals surface area contributed by atoms with Gasteiger partial charge in [-0.3, -0.25) is 9.36 Å². The summed E-state index contributed by atoms with van der Waals surface area (Å²) in [4.78, 5) is 31.5. The van der Waals surface area contributed by atoms with E-state index in [0.29, 0.717) is 35.6 Å². The van der Waals surface area contributed by atoms with Gasteiger partial charge in [-0.05, 0) is 36.4 Å². The summed E-state index contributed by atoms with van der Waals surface area (Å²) in [7, 11) is 3.24. The molecule has 28 heavy (non-hydrogen) atoms. The summed E-state index contributed by atoms with van der Waals surface area (Å²) in [6, 6.07) is 14.2. The van der Waals surface area contributed by atoms with Gasteiger partial charge in [-0.1, -0.05) is 28.1 Å². The zero-order valence-corrected chi connectivity index (χ0v) is 17.3. The van der Waals surface area contributed by atoms with Crippen molar-refractivity contribution in [3.8, 4) is 0 Å². The zero-order chi connectivity index (χ0) is 20.1. The Balaban J connectivity index is 1.86. The quantitative estimate of drug-likeness (QED) is 0.631. The average Bonchev–Trinajstić information content (AvgIpc) is 2.69. The van der Waals surface area contributed by atoms with Gasteiger partial charge in [-0.25, -0.2) is 9.78 Å². The Hall–Kier alpha value is -2.71. The number of fused-ring (bicyclic) bond motifs is 1. The fourth-order valence-corrected chi connectivity index (χ4v) is 3.05. The van der Waals surface area contributed by atoms with Crippen molar-refractivity contribution >= 4 is 38.6 Å². The molecule has 0 bridgehead atoms. The maximum atomic E-state index is 12.9. The lowest BCUT2D eigenvalue weighted by Crippen LogP contribution is -2.35. The van der Waals surface area contributed by atoms with Crippen molar-refractivity contribution in [1.29, 1.82) is 0 Å². The summed E-state index contributed by atoms with van der Waals surface area (Å²) < 4.78 is 7.62. The number of benzene rings is 2. The van der Waals surface area contributed by atoms with Crippen molar-refractivity contribution in [2.24, 2.45) is 0 Å². The van der Waals surface area contributed by atoms with Crippen LogP contribution in [0.5, 0.6) is 0 Å². The third kappa shape index (κ3) is 4.58. The van der Waals surface area contributed by atoms with Crippen LogP contribution in [0.2, 0.25) is 0 Å². The highest BCUT2D eigenvalue weighted by Gasteiger charge is 2.16. The largest absolute Gasteiger partial charge is 0.383 e. The molecule has 0 aliphatic rings. The fraction of sp³-hybridized carbons (Fsp3) is 0.250. The Morgan fingerprint density at radius 1 is 1.21 bits per heavy atom. The molecule has 3 rings (SSSR count). The summed E-state index contributed by atoms with van der Waals surface area (Å²) in [5.41, 5.74) is 1.15. The van der Waals surface area contributed by atoms with Crippen molar-refractivity contribution < 1.29 is 9.53 Å². The van der Waals surface area contributed by atoms with Gasteiger partial charge in [-0.2, -0.15) is 0 Å². The minimum atomic E-state index is -0.289. The number of urea groups is 1. The number of aromatic nitrogens is 2. The van der Waals surface area contributed by atoms with Crippen molar-refractivity contribution in [2.75, 3.05) is 26.1 Å². The first-order chi connectivity index (χ1) is 13.5. The number of anilines is 1. The molecule has 146 valence electrons. The van der Waals surface area contributed by atoms with Crippen LogP contribution in [-0.4, -0.2) is 41.2 Å². The summed E-state index contributed by atoms with van der Waals surface area (Å²) in [5.74, 6) is 0.509. The molecule has 0 radical (unpaired) electrons. The van der Waals surface area contributed by atoms with Gasteiger partial charge in [0.05, 0.1) is 30.6 Å². The molecule has 7 nitrogen and oxygen atoms in total. The number of para-hydroxylation sites is 1. The molecule has 1 aromatic heterocycles. The first-order valence-electron chi connectivity index (χ1n) is 8.74. The maximum Gasteiger partial charge on any atom is 0.321 e. The molecule has 0 spiro atoms. The molecule has 0 saturated carbocycles. The first kappa shape index (κ1) is 20.0. The van der Waals surface area contributed by atoms with Gasteiger partial charge >= 0.3 is 6.03 Å². The number of amides is 2. The highest BCUT2D eigenvalue weighted by molar-refractivity contribution is 9.10. The highest BCUT2D eigenvalue weighted by atomic mass is 79.9. The molecule has 8 heteroatoms. The lowest BCUT2D eigenvalue weighted by atomic mass is 10.2. The zero-order valence-electron chi connectivity index (χ0n) is 15.7. The van der Waals surface area contributed by atoms with Gasteiger partial charge in [0, 0.05) is 24.3 Å². The monoisotopic (exact) mass is 444 g/mol. The highest BCUT2D eigenvalue weighted by Crippen LogP contribution is 2.15. The molecule has 2 aromatic carbocycles. The van der Waals surface area contributed by atoms with E-state index in [1.807, 2.05) is 24.3 Å². The Kier molecular flexibility index (Phi) is 6.43. The van der Waals surface area contributed by atoms with Crippen LogP contribution in [0.25, 0.3) is 10.9 Å². The molecule has 0 unspecified atom stereocenters. The van der Waals surface area contributed by atoms with Crippen molar-refractivity contribution in [1.82, 2.24) is 14.5 Å². The summed E-state index contributed by atoms with van der Waals surface area (Å²) in [6.45, 7) is 0.929. The fourth-order valence-electron chi connectivity index (χ4n) is 2.78. The first-order valence-corrected chi connectivity index (χ1v) is 9.54. The SMILES string of the molecule is COCCn1c(CN(C)C(=O)Nc2ccc(Br)cc2)nc2ccccc2c1=O. The van der Waals surface area contributed by atoms with E-state index in [-0.39, 0.29) is 18.1 Å². The number of methoxy groups -OCH3 is 1. The number of carbonyl (C=O) groups excluding carboxylic acids is 1. The van der Waals surface area contributed by atoms with Crippen molar-refractivity contribution in [2.45, 2.75) is 13.1 Å². The molecular formula is C20H21BrN4O3. The number of carbonyl (C=O) groups is 1. The second-order valence-corrected chi connectivity index (χ2v) is 7.20. The van der Waals surface area contributed by atoms with E-state index in [1.54, 1.807) is 43.0 Å². The van der Waals surface area contributed by atoms with E-state index < -0.39 is 0 Å². The molecule has 0 fully saturated rings. The molecule has 0 aliphatic heterocycles. The Bertz CT molecular complexity index is 1030.